The zero-order valence-corrected chi connectivity index (χ0v) is 8.92. The second-order valence-electron chi connectivity index (χ2n) is 3.48. The maximum absolute atomic E-state index is 3.81. The minimum atomic E-state index is 0. The van der Waals surface area contributed by atoms with Crippen molar-refractivity contribution in [1.29, 1.82) is 0 Å². The number of hydrogen-bond donors (Lipinski definition) is 0. The van der Waals surface area contributed by atoms with Crippen molar-refractivity contribution in [2.45, 2.75) is 41.0 Å². The monoisotopic (exact) mass is 218 g/mol. The van der Waals surface area contributed by atoms with Crippen molar-refractivity contribution in [2.24, 2.45) is 0 Å². The van der Waals surface area contributed by atoms with Gasteiger partial charge in [-0.25, -0.2) is 0 Å². The molecule has 0 nitrogen and oxygen atoms in total. The van der Waals surface area contributed by atoms with Crippen molar-refractivity contribution in [1.82, 2.24) is 0 Å². The molecular weight excluding hydrogens is 192 g/mol. The molecule has 1 aromatic carbocycles. The second-order valence-corrected chi connectivity index (χ2v) is 3.48. The van der Waals surface area contributed by atoms with Gasteiger partial charge in [0.1, 0.15) is 0 Å². The lowest BCUT2D eigenvalue weighted by Gasteiger charge is -2.05. The Labute approximate surface area is 102 Å². The van der Waals surface area contributed by atoms with Gasteiger partial charge in [0.2, 0.25) is 0 Å². The van der Waals surface area contributed by atoms with Gasteiger partial charge in [0.15, 0.2) is 0 Å². The highest BCUT2D eigenvalue weighted by molar-refractivity contribution is 5.64. The van der Waals surface area contributed by atoms with E-state index in [9.17, 15) is 0 Å². The molecule has 0 heterocycles. The zero-order valence-electron chi connectivity index (χ0n) is 8.92. The Morgan fingerprint density at radius 2 is 1.69 bits per heavy atom. The molecule has 0 heteroatoms. The lowest BCUT2D eigenvalue weighted by molar-refractivity contribution is 0.795. The van der Waals surface area contributed by atoms with Gasteiger partial charge in [-0.1, -0.05) is 71.7 Å². The van der Waals surface area contributed by atoms with Gasteiger partial charge in [-0.3, -0.25) is 0 Å². The van der Waals surface area contributed by atoms with E-state index < -0.39 is 0 Å². The van der Waals surface area contributed by atoms with Crippen molar-refractivity contribution < 1.29 is 0 Å². The lowest BCUT2D eigenvalue weighted by Crippen LogP contribution is -1.88. The first-order valence-corrected chi connectivity index (χ1v) is 5.19. The number of rotatable bonds is 5. The summed E-state index contributed by atoms with van der Waals surface area (Å²) >= 11 is 0. The fourth-order valence-corrected chi connectivity index (χ4v) is 1.52. The molecule has 0 spiro atoms. The minimum Gasteiger partial charge on any atom is -0.0984 e. The highest BCUT2D eigenvalue weighted by atomic mass is 14.0. The van der Waals surface area contributed by atoms with Crippen LogP contribution in [-0.4, -0.2) is 0 Å². The summed E-state index contributed by atoms with van der Waals surface area (Å²) in [7, 11) is 0. The van der Waals surface area contributed by atoms with E-state index in [1.165, 1.54) is 29.5 Å². The van der Waals surface area contributed by atoms with Gasteiger partial charge < -0.3 is 0 Å². The Bertz CT molecular complexity index is 321. The van der Waals surface area contributed by atoms with E-state index in [1.54, 1.807) is 0 Å². The fraction of sp³-hybridized carbons (Fsp3) is 0.375. The van der Waals surface area contributed by atoms with Crippen molar-refractivity contribution in [2.75, 3.05) is 0 Å². The Kier molecular flexibility index (Phi) is 9.58. The van der Waals surface area contributed by atoms with E-state index in [-0.39, 0.29) is 14.9 Å². The van der Waals surface area contributed by atoms with Crippen molar-refractivity contribution >= 4 is 12.2 Å². The summed E-state index contributed by atoms with van der Waals surface area (Å²) < 4.78 is 0. The molecule has 16 heavy (non-hydrogen) atoms. The largest absolute Gasteiger partial charge is 0.0984 e. The van der Waals surface area contributed by atoms with Crippen LogP contribution in [0.2, 0.25) is 0 Å². The van der Waals surface area contributed by atoms with Gasteiger partial charge in [0.25, 0.3) is 0 Å². The van der Waals surface area contributed by atoms with Crippen LogP contribution in [0.5, 0.6) is 0 Å². The van der Waals surface area contributed by atoms with Crippen molar-refractivity contribution in [3.63, 3.8) is 0 Å². The van der Waals surface area contributed by atoms with Crippen molar-refractivity contribution in [3.8, 4) is 0 Å². The summed E-state index contributed by atoms with van der Waals surface area (Å²) in [4.78, 5) is 0. The predicted molar refractivity (Wildman–Crippen MR) is 78.7 cm³/mol. The average Bonchev–Trinajstić information content (AvgIpc) is 2.25. The highest BCUT2D eigenvalue weighted by Crippen LogP contribution is 2.16. The second kappa shape index (κ2) is 8.96. The van der Waals surface area contributed by atoms with Gasteiger partial charge in [0.05, 0.1) is 0 Å². The smallest absolute Gasteiger partial charge is 0.0187 e. The first-order valence-electron chi connectivity index (χ1n) is 5.19. The topological polar surface area (TPSA) is 0 Å². The Morgan fingerprint density at radius 3 is 2.19 bits per heavy atom. The van der Waals surface area contributed by atoms with E-state index in [0.717, 1.165) is 6.42 Å². The number of hydrogen-bond acceptors (Lipinski definition) is 0. The summed E-state index contributed by atoms with van der Waals surface area (Å²) in [5, 5.41) is 0. The molecule has 0 N–H and O–H groups in total. The molecule has 1 rings (SSSR count). The van der Waals surface area contributed by atoms with Gasteiger partial charge in [-0.2, -0.15) is 0 Å². The van der Waals surface area contributed by atoms with E-state index in [4.69, 9.17) is 0 Å². The Balaban J connectivity index is 0. The maximum atomic E-state index is 3.81. The normalized spacial score (nSPS) is 8.56. The molecule has 0 unspecified atom stereocenters. The summed E-state index contributed by atoms with van der Waals surface area (Å²) in [6.45, 7) is 9.81. The summed E-state index contributed by atoms with van der Waals surface area (Å²) in [5.74, 6) is 0. The van der Waals surface area contributed by atoms with Crippen LogP contribution < -0.4 is 0 Å². The van der Waals surface area contributed by atoms with Crippen LogP contribution in [0.1, 0.15) is 51.3 Å². The molecule has 0 atom stereocenters. The minimum absolute atomic E-state index is 0. The molecule has 0 bridgehead atoms. The third-order valence-electron chi connectivity index (χ3n) is 2.41. The molecule has 90 valence electrons. The molecule has 0 saturated heterocycles. The van der Waals surface area contributed by atoms with Crippen LogP contribution in [-0.2, 0) is 6.42 Å². The lowest BCUT2D eigenvalue weighted by atomic mass is 10.0. The molecular formula is C16H26. The molecule has 0 aliphatic heterocycles. The standard InChI is InChI=1S/C14H18.2CH4/c1-4-7-8-12-9-10-13(5-2)14(6-3)11-12;;/h5-6,9-11H,2-4,7-8H2,1H3;2*1H4. The molecule has 0 aliphatic carbocycles. The Hall–Kier alpha value is -1.30. The summed E-state index contributed by atoms with van der Waals surface area (Å²) in [6, 6.07) is 6.51. The zero-order chi connectivity index (χ0) is 10.4. The first kappa shape index (κ1) is 17.1. The molecule has 0 fully saturated rings. The van der Waals surface area contributed by atoms with Crippen LogP contribution in [0.4, 0.5) is 0 Å². The fourth-order valence-electron chi connectivity index (χ4n) is 1.52. The molecule has 0 radical (unpaired) electrons. The van der Waals surface area contributed by atoms with Crippen LogP contribution in [0.25, 0.3) is 12.2 Å². The Morgan fingerprint density at radius 1 is 1.06 bits per heavy atom. The summed E-state index contributed by atoms with van der Waals surface area (Å²) in [5.41, 5.74) is 3.75. The van der Waals surface area contributed by atoms with Crippen LogP contribution in [0.15, 0.2) is 31.4 Å². The maximum Gasteiger partial charge on any atom is -0.0187 e. The molecule has 0 aliphatic rings. The first-order chi connectivity index (χ1) is 6.81. The van der Waals surface area contributed by atoms with Gasteiger partial charge in [-0.05, 0) is 29.5 Å². The molecule has 0 aromatic heterocycles. The van der Waals surface area contributed by atoms with E-state index in [2.05, 4.69) is 38.3 Å². The third kappa shape index (κ3) is 4.48. The molecule has 0 saturated carbocycles. The number of aryl methyl sites for hydroxylation is 1. The molecule has 0 amide bonds. The average molecular weight is 218 g/mol. The number of unbranched alkanes of at least 4 members (excludes halogenated alkanes) is 1. The highest BCUT2D eigenvalue weighted by Gasteiger charge is 1.97. The van der Waals surface area contributed by atoms with E-state index in [1.807, 2.05) is 12.2 Å². The quantitative estimate of drug-likeness (QED) is 0.604. The number of benzene rings is 1. The molecule has 1 aromatic rings. The van der Waals surface area contributed by atoms with Gasteiger partial charge in [0, 0.05) is 0 Å². The van der Waals surface area contributed by atoms with E-state index in [0.29, 0.717) is 0 Å². The predicted octanol–water partition coefficient (Wildman–Crippen LogP) is 5.59. The third-order valence-corrected chi connectivity index (χ3v) is 2.41. The van der Waals surface area contributed by atoms with Crippen molar-refractivity contribution in [3.05, 3.63) is 48.0 Å². The van der Waals surface area contributed by atoms with Crippen LogP contribution >= 0.6 is 0 Å². The summed E-state index contributed by atoms with van der Waals surface area (Å²) in [6.07, 6.45) is 7.43. The van der Waals surface area contributed by atoms with Gasteiger partial charge in [-0.15, -0.1) is 0 Å². The van der Waals surface area contributed by atoms with E-state index >= 15 is 0 Å². The SMILES string of the molecule is C.C.C=Cc1ccc(CCCC)cc1C=C. The van der Waals surface area contributed by atoms with Crippen LogP contribution in [0.3, 0.4) is 0 Å². The van der Waals surface area contributed by atoms with Gasteiger partial charge >= 0.3 is 0 Å². The van der Waals surface area contributed by atoms with Crippen LogP contribution in [0, 0.1) is 0 Å².